The van der Waals surface area contributed by atoms with Crippen LogP contribution in [0.1, 0.15) is 96.8 Å². The third kappa shape index (κ3) is 4.63. The molecule has 4 amide bonds. The normalized spacial score (nSPS) is 23.1. The zero-order valence-electron chi connectivity index (χ0n) is 25.3. The molecule has 1 unspecified atom stereocenters. The first kappa shape index (κ1) is 27.7. The highest BCUT2D eigenvalue weighted by Crippen LogP contribution is 2.46. The Labute approximate surface area is 260 Å². The fourth-order valence-corrected chi connectivity index (χ4v) is 7.11. The van der Waals surface area contributed by atoms with Crippen molar-refractivity contribution in [3.8, 4) is 11.3 Å². The standard InChI is InChI=1S/C34H35N7O4/c1-18(2)39-12-10-24-27(39)9-11-35-31(24)26-17-40(38-30(26)20-3-4-20)22-13-19(14-22)16-36-21-5-6-23-25(15-21)34(45)41(33(23)44)28-7-8-29(42)37-32(28)43/h5-6,9-12,15,17-20,22,28,36H,3-4,7-8,13-14,16H2,1-2H3,(H,37,42,43). The second-order valence-electron chi connectivity index (χ2n) is 13.2. The minimum atomic E-state index is -0.966. The first-order valence-electron chi connectivity index (χ1n) is 15.9. The van der Waals surface area contributed by atoms with Crippen molar-refractivity contribution in [1.82, 2.24) is 29.5 Å². The molecule has 8 rings (SSSR count). The SMILES string of the molecule is CC(C)n1ccc2c(-c3cn(C4CC(CNc5ccc6c(c5)C(=O)N(C5CCC(=O)NC5=O)C6=O)C4)nc3C3CC3)nccc21. The van der Waals surface area contributed by atoms with Gasteiger partial charge in [0.05, 0.1) is 34.1 Å². The average molecular weight is 606 g/mol. The number of fused-ring (bicyclic) bond motifs is 2. The molecule has 11 heteroatoms. The Hall–Kier alpha value is -4.80. The van der Waals surface area contributed by atoms with Gasteiger partial charge in [-0.25, -0.2) is 0 Å². The van der Waals surface area contributed by atoms with Crippen molar-refractivity contribution >= 4 is 40.2 Å². The van der Waals surface area contributed by atoms with Gasteiger partial charge >= 0.3 is 0 Å². The summed E-state index contributed by atoms with van der Waals surface area (Å²) < 4.78 is 4.44. The highest BCUT2D eigenvalue weighted by atomic mass is 16.2. The molecule has 1 saturated heterocycles. The lowest BCUT2D eigenvalue weighted by Crippen LogP contribution is -2.54. The third-order valence-corrected chi connectivity index (χ3v) is 9.80. The number of nitrogens with zero attached hydrogens (tertiary/aromatic N) is 5. The minimum absolute atomic E-state index is 0.0975. The Balaban J connectivity index is 0.939. The van der Waals surface area contributed by atoms with Crippen LogP contribution in [0.5, 0.6) is 0 Å². The molecule has 2 aliphatic carbocycles. The number of anilines is 1. The van der Waals surface area contributed by atoms with E-state index in [0.717, 1.165) is 52.3 Å². The van der Waals surface area contributed by atoms with Crippen LogP contribution in [0.4, 0.5) is 5.69 Å². The van der Waals surface area contributed by atoms with Gasteiger partial charge in [-0.2, -0.15) is 5.10 Å². The molecule has 0 radical (unpaired) electrons. The van der Waals surface area contributed by atoms with Crippen molar-refractivity contribution in [2.45, 2.75) is 76.4 Å². The van der Waals surface area contributed by atoms with Crippen LogP contribution in [0.15, 0.2) is 48.9 Å². The summed E-state index contributed by atoms with van der Waals surface area (Å²) in [5, 5.41) is 12.0. The maximum absolute atomic E-state index is 13.2. The molecule has 2 N–H and O–H groups in total. The highest BCUT2D eigenvalue weighted by Gasteiger charge is 2.44. The first-order valence-corrected chi connectivity index (χ1v) is 15.9. The third-order valence-electron chi connectivity index (χ3n) is 9.80. The molecule has 4 aromatic rings. The van der Waals surface area contributed by atoms with E-state index in [-0.39, 0.29) is 29.9 Å². The van der Waals surface area contributed by atoms with Gasteiger partial charge in [-0.1, -0.05) is 0 Å². The lowest BCUT2D eigenvalue weighted by Gasteiger charge is -2.35. The Bertz CT molecular complexity index is 1900. The lowest BCUT2D eigenvalue weighted by molar-refractivity contribution is -0.136. The summed E-state index contributed by atoms with van der Waals surface area (Å²) in [6, 6.07) is 9.13. The summed E-state index contributed by atoms with van der Waals surface area (Å²) in [5.74, 6) is -1.04. The van der Waals surface area contributed by atoms with E-state index in [2.05, 4.69) is 58.3 Å². The number of hydrogen-bond donors (Lipinski definition) is 2. The van der Waals surface area contributed by atoms with Gasteiger partial charge in [0.1, 0.15) is 6.04 Å². The summed E-state index contributed by atoms with van der Waals surface area (Å²) in [6.45, 7) is 5.12. The minimum Gasteiger partial charge on any atom is -0.385 e. The van der Waals surface area contributed by atoms with Crippen molar-refractivity contribution in [2.75, 3.05) is 11.9 Å². The molecule has 0 spiro atoms. The number of nitrogens with one attached hydrogen (secondary N) is 2. The molecule has 2 aliphatic heterocycles. The van der Waals surface area contributed by atoms with Gasteiger partial charge in [0.15, 0.2) is 0 Å². The molecule has 11 nitrogen and oxygen atoms in total. The predicted molar refractivity (Wildman–Crippen MR) is 167 cm³/mol. The number of benzene rings is 1. The number of carbonyl (C=O) groups excluding carboxylic acids is 4. The molecule has 230 valence electrons. The van der Waals surface area contributed by atoms with Crippen molar-refractivity contribution in [2.24, 2.45) is 5.92 Å². The van der Waals surface area contributed by atoms with E-state index in [0.29, 0.717) is 23.9 Å². The first-order chi connectivity index (χ1) is 21.8. The van der Waals surface area contributed by atoms with E-state index in [9.17, 15) is 19.2 Å². The maximum Gasteiger partial charge on any atom is 0.262 e. The molecule has 3 fully saturated rings. The molecule has 4 aliphatic rings. The summed E-state index contributed by atoms with van der Waals surface area (Å²) >= 11 is 0. The van der Waals surface area contributed by atoms with Crippen LogP contribution in [-0.2, 0) is 9.59 Å². The molecule has 5 heterocycles. The smallest absolute Gasteiger partial charge is 0.262 e. The molecule has 1 atom stereocenters. The number of imide groups is 2. The molecular formula is C34H35N7O4. The summed E-state index contributed by atoms with van der Waals surface area (Å²) in [4.78, 5) is 55.9. The number of rotatable bonds is 8. The van der Waals surface area contributed by atoms with E-state index < -0.39 is 23.8 Å². The maximum atomic E-state index is 13.2. The predicted octanol–water partition coefficient (Wildman–Crippen LogP) is 4.82. The van der Waals surface area contributed by atoms with Crippen LogP contribution in [0.2, 0.25) is 0 Å². The fourth-order valence-electron chi connectivity index (χ4n) is 7.11. The second-order valence-corrected chi connectivity index (χ2v) is 13.2. The number of pyridine rings is 1. The van der Waals surface area contributed by atoms with Crippen LogP contribution in [0, 0.1) is 5.92 Å². The zero-order valence-corrected chi connectivity index (χ0v) is 25.3. The van der Waals surface area contributed by atoms with Gasteiger partial charge in [-0.05, 0) is 82.2 Å². The zero-order chi connectivity index (χ0) is 31.0. The van der Waals surface area contributed by atoms with Gasteiger partial charge in [0.25, 0.3) is 11.8 Å². The quantitative estimate of drug-likeness (QED) is 0.275. The Morgan fingerprint density at radius 3 is 2.53 bits per heavy atom. The van der Waals surface area contributed by atoms with E-state index in [1.165, 1.54) is 18.4 Å². The Kier molecular flexibility index (Phi) is 6.40. The number of hydrogen-bond acceptors (Lipinski definition) is 7. The molecule has 45 heavy (non-hydrogen) atoms. The Morgan fingerprint density at radius 1 is 0.978 bits per heavy atom. The fraction of sp³-hybridized carbons (Fsp3) is 0.412. The number of amides is 4. The van der Waals surface area contributed by atoms with Gasteiger partial charge in [0.2, 0.25) is 11.8 Å². The van der Waals surface area contributed by atoms with Gasteiger partial charge in [0, 0.05) is 60.2 Å². The largest absolute Gasteiger partial charge is 0.385 e. The molecular weight excluding hydrogens is 570 g/mol. The number of aromatic nitrogens is 4. The molecule has 2 saturated carbocycles. The van der Waals surface area contributed by atoms with Crippen molar-refractivity contribution in [3.63, 3.8) is 0 Å². The van der Waals surface area contributed by atoms with Crippen LogP contribution in [-0.4, -0.2) is 60.4 Å². The molecule has 1 aromatic carbocycles. The van der Waals surface area contributed by atoms with E-state index in [1.807, 2.05) is 6.20 Å². The monoisotopic (exact) mass is 605 g/mol. The van der Waals surface area contributed by atoms with E-state index in [1.54, 1.807) is 18.2 Å². The van der Waals surface area contributed by atoms with E-state index in [4.69, 9.17) is 10.1 Å². The molecule has 3 aromatic heterocycles. The average Bonchev–Trinajstić information content (AvgIpc) is 3.51. The van der Waals surface area contributed by atoms with Crippen molar-refractivity contribution in [3.05, 3.63) is 65.7 Å². The van der Waals surface area contributed by atoms with Crippen molar-refractivity contribution < 1.29 is 19.2 Å². The summed E-state index contributed by atoms with van der Waals surface area (Å²) in [5.41, 5.74) is 5.84. The van der Waals surface area contributed by atoms with Crippen molar-refractivity contribution in [1.29, 1.82) is 0 Å². The van der Waals surface area contributed by atoms with Gasteiger partial charge < -0.3 is 9.88 Å². The van der Waals surface area contributed by atoms with Gasteiger partial charge in [-0.15, -0.1) is 0 Å². The highest BCUT2D eigenvalue weighted by molar-refractivity contribution is 6.23. The summed E-state index contributed by atoms with van der Waals surface area (Å²) in [7, 11) is 0. The summed E-state index contributed by atoms with van der Waals surface area (Å²) in [6.07, 6.45) is 10.8. The van der Waals surface area contributed by atoms with Crippen LogP contribution >= 0.6 is 0 Å². The molecule has 0 bridgehead atoms. The second kappa shape index (κ2) is 10.4. The number of piperidine rings is 1. The van der Waals surface area contributed by atoms with Crippen LogP contribution in [0.3, 0.4) is 0 Å². The topological polar surface area (TPSA) is 131 Å². The Morgan fingerprint density at radius 2 is 1.78 bits per heavy atom. The van der Waals surface area contributed by atoms with Gasteiger partial charge in [-0.3, -0.25) is 39.1 Å². The number of carbonyl (C=O) groups is 4. The lowest BCUT2D eigenvalue weighted by atomic mass is 9.80. The van der Waals surface area contributed by atoms with Crippen LogP contribution < -0.4 is 10.6 Å². The van der Waals surface area contributed by atoms with E-state index >= 15 is 0 Å². The van der Waals surface area contributed by atoms with Crippen LogP contribution in [0.25, 0.3) is 22.2 Å².